The van der Waals surface area contributed by atoms with E-state index in [4.69, 9.17) is 58.0 Å². The van der Waals surface area contributed by atoms with Crippen LogP contribution in [0.5, 0.6) is 0 Å². The fourth-order valence-corrected chi connectivity index (χ4v) is 2.83. The molecule has 0 aliphatic carbocycles. The second-order valence-electron chi connectivity index (χ2n) is 4.26. The first-order valence-electron chi connectivity index (χ1n) is 5.72. The molecule has 0 spiro atoms. The molecule has 2 rings (SSSR count). The topological polar surface area (TPSA) is 12.0 Å². The number of benzene rings is 2. The van der Waals surface area contributed by atoms with Crippen molar-refractivity contribution >= 4 is 63.7 Å². The number of rotatable bonds is 3. The van der Waals surface area contributed by atoms with Gasteiger partial charge in [0, 0.05) is 22.2 Å². The fraction of sp³-hybridized carbons (Fsp3) is 0.143. The third-order valence-electron chi connectivity index (χ3n) is 2.84. The molecule has 0 amide bonds. The Morgan fingerprint density at radius 2 is 1.50 bits per heavy atom. The van der Waals surface area contributed by atoms with E-state index in [2.05, 4.69) is 5.32 Å². The van der Waals surface area contributed by atoms with Crippen LogP contribution in [0.25, 0.3) is 0 Å². The molecule has 2 aromatic rings. The second-order valence-corrected chi connectivity index (χ2v) is 6.26. The minimum absolute atomic E-state index is 0.400. The summed E-state index contributed by atoms with van der Waals surface area (Å²) in [6, 6.07) is 6.93. The van der Waals surface area contributed by atoms with Crippen molar-refractivity contribution in [1.82, 2.24) is 0 Å². The molecule has 0 aromatic heterocycles. The van der Waals surface area contributed by atoms with Crippen molar-refractivity contribution in [3.8, 4) is 0 Å². The second kappa shape index (κ2) is 6.64. The molecule has 106 valence electrons. The van der Waals surface area contributed by atoms with Crippen molar-refractivity contribution in [3.63, 3.8) is 0 Å². The van der Waals surface area contributed by atoms with E-state index in [1.54, 1.807) is 24.3 Å². The van der Waals surface area contributed by atoms with Gasteiger partial charge in [0.05, 0.1) is 20.8 Å². The highest BCUT2D eigenvalue weighted by Gasteiger charge is 2.11. The van der Waals surface area contributed by atoms with Gasteiger partial charge in [0.1, 0.15) is 0 Å². The van der Waals surface area contributed by atoms with E-state index in [0.717, 1.165) is 11.3 Å². The van der Waals surface area contributed by atoms with E-state index in [1.165, 1.54) is 0 Å². The predicted octanol–water partition coefficient (Wildman–Crippen LogP) is 6.87. The molecule has 1 N–H and O–H groups in total. The van der Waals surface area contributed by atoms with E-state index >= 15 is 0 Å². The average Bonchev–Trinajstić information content (AvgIpc) is 2.40. The van der Waals surface area contributed by atoms with Crippen LogP contribution in [0, 0.1) is 6.92 Å². The standard InChI is InChI=1S/C14H10Cl5N/c1-7-4-12(18)13(5-11(7)17)20-6-8-9(15)2-3-10(16)14(8)19/h2-5,20H,6H2,1H3. The minimum atomic E-state index is 0.400. The van der Waals surface area contributed by atoms with Gasteiger partial charge in [0.2, 0.25) is 0 Å². The van der Waals surface area contributed by atoms with Gasteiger partial charge < -0.3 is 5.32 Å². The Labute approximate surface area is 142 Å². The molecule has 20 heavy (non-hydrogen) atoms. The van der Waals surface area contributed by atoms with Gasteiger partial charge in [-0.25, -0.2) is 0 Å². The normalized spacial score (nSPS) is 10.7. The zero-order chi connectivity index (χ0) is 14.9. The van der Waals surface area contributed by atoms with E-state index in [-0.39, 0.29) is 0 Å². The average molecular weight is 370 g/mol. The monoisotopic (exact) mass is 367 g/mol. The number of halogens is 5. The van der Waals surface area contributed by atoms with Crippen molar-refractivity contribution in [2.24, 2.45) is 0 Å². The van der Waals surface area contributed by atoms with Crippen LogP contribution >= 0.6 is 58.0 Å². The van der Waals surface area contributed by atoms with Crippen LogP contribution < -0.4 is 5.32 Å². The van der Waals surface area contributed by atoms with Crippen LogP contribution in [0.1, 0.15) is 11.1 Å². The summed E-state index contributed by atoms with van der Waals surface area (Å²) in [6.07, 6.45) is 0. The van der Waals surface area contributed by atoms with E-state index < -0.39 is 0 Å². The molecule has 0 aliphatic heterocycles. The molecule has 0 atom stereocenters. The Kier molecular flexibility index (Phi) is 5.33. The van der Waals surface area contributed by atoms with Gasteiger partial charge in [-0.2, -0.15) is 0 Å². The summed E-state index contributed by atoms with van der Waals surface area (Å²) in [4.78, 5) is 0. The molecule has 2 aromatic carbocycles. The lowest BCUT2D eigenvalue weighted by atomic mass is 10.2. The first kappa shape index (κ1) is 16.1. The first-order valence-corrected chi connectivity index (χ1v) is 7.61. The highest BCUT2D eigenvalue weighted by atomic mass is 35.5. The van der Waals surface area contributed by atoms with Crippen molar-refractivity contribution in [3.05, 3.63) is 60.5 Å². The highest BCUT2D eigenvalue weighted by molar-refractivity contribution is 6.44. The molecular formula is C14H10Cl5N. The molecular weight excluding hydrogens is 359 g/mol. The van der Waals surface area contributed by atoms with Crippen molar-refractivity contribution in [2.45, 2.75) is 13.5 Å². The molecule has 0 unspecified atom stereocenters. The number of hydrogen-bond acceptors (Lipinski definition) is 1. The summed E-state index contributed by atoms with van der Waals surface area (Å²) in [5.41, 5.74) is 2.35. The molecule has 0 aliphatic rings. The fourth-order valence-electron chi connectivity index (χ4n) is 1.70. The highest BCUT2D eigenvalue weighted by Crippen LogP contribution is 2.33. The van der Waals surface area contributed by atoms with Gasteiger partial charge in [0.15, 0.2) is 0 Å². The predicted molar refractivity (Wildman–Crippen MR) is 90.0 cm³/mol. The summed E-state index contributed by atoms with van der Waals surface area (Å²) < 4.78 is 0. The number of hydrogen-bond donors (Lipinski definition) is 1. The maximum atomic E-state index is 6.17. The van der Waals surface area contributed by atoms with Crippen LogP contribution in [-0.4, -0.2) is 0 Å². The summed E-state index contributed by atoms with van der Waals surface area (Å²) >= 11 is 30.5. The zero-order valence-electron chi connectivity index (χ0n) is 10.4. The Hall–Kier alpha value is -0.310. The Morgan fingerprint density at radius 3 is 2.20 bits per heavy atom. The van der Waals surface area contributed by atoms with E-state index in [1.807, 2.05) is 6.92 Å². The molecule has 0 saturated carbocycles. The van der Waals surface area contributed by atoms with Gasteiger partial charge in [-0.15, -0.1) is 0 Å². The molecule has 1 nitrogen and oxygen atoms in total. The summed E-state index contributed by atoms with van der Waals surface area (Å²) in [5.74, 6) is 0. The van der Waals surface area contributed by atoms with Crippen LogP contribution in [0.15, 0.2) is 24.3 Å². The van der Waals surface area contributed by atoms with Gasteiger partial charge in [-0.1, -0.05) is 58.0 Å². The molecule has 0 bridgehead atoms. The third-order valence-corrected chi connectivity index (χ3v) is 4.76. The van der Waals surface area contributed by atoms with Crippen molar-refractivity contribution in [2.75, 3.05) is 5.32 Å². The lowest BCUT2D eigenvalue weighted by Crippen LogP contribution is -2.02. The first-order chi connectivity index (χ1) is 9.40. The Balaban J connectivity index is 2.26. The molecule has 0 saturated heterocycles. The van der Waals surface area contributed by atoms with Crippen LogP contribution in [0.4, 0.5) is 5.69 Å². The number of anilines is 1. The Bertz CT molecular complexity index is 654. The van der Waals surface area contributed by atoms with Crippen LogP contribution in [0.3, 0.4) is 0 Å². The molecule has 0 heterocycles. The maximum absolute atomic E-state index is 6.17. The van der Waals surface area contributed by atoms with Gasteiger partial charge in [0.25, 0.3) is 0 Å². The zero-order valence-corrected chi connectivity index (χ0v) is 14.2. The minimum Gasteiger partial charge on any atom is -0.380 e. The van der Waals surface area contributed by atoms with Crippen LogP contribution in [-0.2, 0) is 6.54 Å². The van der Waals surface area contributed by atoms with Gasteiger partial charge in [-0.05, 0) is 36.8 Å². The lowest BCUT2D eigenvalue weighted by molar-refractivity contribution is 1.15. The SMILES string of the molecule is Cc1cc(Cl)c(NCc2c(Cl)ccc(Cl)c2Cl)cc1Cl. The summed E-state index contributed by atoms with van der Waals surface area (Å²) in [7, 11) is 0. The quantitative estimate of drug-likeness (QED) is 0.582. The maximum Gasteiger partial charge on any atom is 0.0657 e. The molecule has 0 radical (unpaired) electrons. The summed E-state index contributed by atoms with van der Waals surface area (Å²) in [6.45, 7) is 2.29. The largest absolute Gasteiger partial charge is 0.380 e. The van der Waals surface area contributed by atoms with Crippen LogP contribution in [0.2, 0.25) is 25.1 Å². The lowest BCUT2D eigenvalue weighted by Gasteiger charge is -2.13. The van der Waals surface area contributed by atoms with E-state index in [0.29, 0.717) is 37.2 Å². The van der Waals surface area contributed by atoms with Crippen molar-refractivity contribution < 1.29 is 0 Å². The number of aryl methyl sites for hydroxylation is 1. The van der Waals surface area contributed by atoms with Gasteiger partial charge in [-0.3, -0.25) is 0 Å². The number of nitrogens with one attached hydrogen (secondary N) is 1. The summed E-state index contributed by atoms with van der Waals surface area (Å²) in [5, 5.41) is 5.82. The molecule has 6 heteroatoms. The van der Waals surface area contributed by atoms with E-state index in [9.17, 15) is 0 Å². The Morgan fingerprint density at radius 1 is 0.850 bits per heavy atom. The smallest absolute Gasteiger partial charge is 0.0657 e. The van der Waals surface area contributed by atoms with Gasteiger partial charge >= 0.3 is 0 Å². The third kappa shape index (κ3) is 3.47. The molecule has 0 fully saturated rings. The van der Waals surface area contributed by atoms with Crippen molar-refractivity contribution in [1.29, 1.82) is 0 Å².